The monoisotopic (exact) mass is 369 g/mol. The van der Waals surface area contributed by atoms with Crippen LogP contribution in [0.25, 0.3) is 0 Å². The minimum Gasteiger partial charge on any atom is -0.495 e. The molecule has 0 atom stereocenters. The summed E-state index contributed by atoms with van der Waals surface area (Å²) < 4.78 is 10.6. The van der Waals surface area contributed by atoms with Crippen molar-refractivity contribution in [2.75, 3.05) is 19.0 Å². The standard InChI is InChI=1S/C20H23N3O4/c1-14-8-4-6-10-17(14)27-13-20(25)23-22-15(2)12-19(24)21-16-9-5-7-11-18(16)26-3/h4-11,22H,2,12-13H2,1,3H3,(H,21,24)(H,23,25). The lowest BCUT2D eigenvalue weighted by Gasteiger charge is -2.13. The van der Waals surface area contributed by atoms with Gasteiger partial charge in [0.05, 0.1) is 19.2 Å². The molecular weight excluding hydrogens is 346 g/mol. The number of anilines is 1. The molecule has 0 heterocycles. The number of methoxy groups -OCH3 is 1. The Labute approximate surface area is 158 Å². The van der Waals surface area contributed by atoms with Gasteiger partial charge in [-0.25, -0.2) is 0 Å². The Morgan fingerprint density at radius 1 is 0.963 bits per heavy atom. The number of aryl methyl sites for hydroxylation is 1. The van der Waals surface area contributed by atoms with Crippen molar-refractivity contribution >= 4 is 17.5 Å². The fraction of sp³-hybridized carbons (Fsp3) is 0.200. The molecule has 0 aliphatic heterocycles. The van der Waals surface area contributed by atoms with Crippen LogP contribution >= 0.6 is 0 Å². The van der Waals surface area contributed by atoms with Crippen molar-refractivity contribution in [3.63, 3.8) is 0 Å². The molecule has 2 rings (SSSR count). The van der Waals surface area contributed by atoms with Gasteiger partial charge in [-0.2, -0.15) is 0 Å². The Bertz CT molecular complexity index is 820. The van der Waals surface area contributed by atoms with Gasteiger partial charge >= 0.3 is 0 Å². The van der Waals surface area contributed by atoms with Crippen LogP contribution in [0.3, 0.4) is 0 Å². The zero-order chi connectivity index (χ0) is 19.6. The first-order valence-corrected chi connectivity index (χ1v) is 8.33. The summed E-state index contributed by atoms with van der Waals surface area (Å²) in [5.41, 5.74) is 6.90. The molecule has 0 fully saturated rings. The number of hydrogen-bond acceptors (Lipinski definition) is 5. The molecule has 0 radical (unpaired) electrons. The third kappa shape index (κ3) is 6.39. The van der Waals surface area contributed by atoms with E-state index in [0.717, 1.165) is 5.56 Å². The van der Waals surface area contributed by atoms with Gasteiger partial charge in [0.25, 0.3) is 5.91 Å². The highest BCUT2D eigenvalue weighted by molar-refractivity contribution is 5.93. The van der Waals surface area contributed by atoms with Crippen molar-refractivity contribution in [1.82, 2.24) is 10.9 Å². The van der Waals surface area contributed by atoms with E-state index >= 15 is 0 Å². The normalized spacial score (nSPS) is 9.85. The molecule has 2 aromatic rings. The van der Waals surface area contributed by atoms with E-state index in [9.17, 15) is 9.59 Å². The molecule has 0 spiro atoms. The van der Waals surface area contributed by atoms with E-state index in [1.165, 1.54) is 7.11 Å². The number of amides is 2. The quantitative estimate of drug-likeness (QED) is 0.591. The van der Waals surface area contributed by atoms with E-state index in [4.69, 9.17) is 9.47 Å². The molecule has 2 amide bonds. The topological polar surface area (TPSA) is 88.7 Å². The minimum atomic E-state index is -0.385. The molecule has 0 aromatic heterocycles. The third-order valence-electron chi connectivity index (χ3n) is 3.59. The Kier molecular flexibility index (Phi) is 7.25. The van der Waals surface area contributed by atoms with Crippen LogP contribution in [-0.2, 0) is 9.59 Å². The highest BCUT2D eigenvalue weighted by Crippen LogP contribution is 2.23. The van der Waals surface area contributed by atoms with Crippen molar-refractivity contribution in [3.05, 3.63) is 66.4 Å². The summed E-state index contributed by atoms with van der Waals surface area (Å²) in [5.74, 6) is 0.528. The van der Waals surface area contributed by atoms with Gasteiger partial charge in [-0.05, 0) is 30.7 Å². The van der Waals surface area contributed by atoms with Gasteiger partial charge in [0.2, 0.25) is 5.91 Å². The molecule has 7 heteroatoms. The van der Waals surface area contributed by atoms with Crippen molar-refractivity contribution in [3.8, 4) is 11.5 Å². The molecule has 0 aliphatic carbocycles. The Morgan fingerprint density at radius 3 is 2.33 bits per heavy atom. The molecule has 0 aliphatic rings. The highest BCUT2D eigenvalue weighted by Gasteiger charge is 2.09. The fourth-order valence-corrected chi connectivity index (χ4v) is 2.24. The van der Waals surface area contributed by atoms with E-state index in [-0.39, 0.29) is 24.8 Å². The van der Waals surface area contributed by atoms with Gasteiger partial charge in [0.1, 0.15) is 11.5 Å². The lowest BCUT2D eigenvalue weighted by Crippen LogP contribution is -2.40. The summed E-state index contributed by atoms with van der Waals surface area (Å²) in [6, 6.07) is 14.5. The SMILES string of the molecule is C=C(CC(=O)Nc1ccccc1OC)NNC(=O)COc1ccccc1C. The maximum atomic E-state index is 12.1. The van der Waals surface area contributed by atoms with Crippen LogP contribution in [0.5, 0.6) is 11.5 Å². The zero-order valence-electron chi connectivity index (χ0n) is 15.4. The third-order valence-corrected chi connectivity index (χ3v) is 3.59. The second kappa shape index (κ2) is 9.86. The molecule has 0 saturated carbocycles. The number of rotatable bonds is 9. The largest absolute Gasteiger partial charge is 0.495 e. The van der Waals surface area contributed by atoms with Gasteiger partial charge in [0.15, 0.2) is 6.61 Å². The Balaban J connectivity index is 1.73. The molecule has 0 bridgehead atoms. The number of hydrazine groups is 1. The maximum absolute atomic E-state index is 12.1. The number of benzene rings is 2. The van der Waals surface area contributed by atoms with Crippen LogP contribution in [0, 0.1) is 6.92 Å². The summed E-state index contributed by atoms with van der Waals surface area (Å²) in [6.45, 7) is 5.47. The molecule has 2 aromatic carbocycles. The van der Waals surface area contributed by atoms with Gasteiger partial charge in [-0.1, -0.05) is 36.9 Å². The van der Waals surface area contributed by atoms with Gasteiger partial charge in [-0.3, -0.25) is 15.0 Å². The van der Waals surface area contributed by atoms with E-state index in [0.29, 0.717) is 22.9 Å². The Hall–Kier alpha value is -3.48. The molecule has 0 saturated heterocycles. The van der Waals surface area contributed by atoms with Crippen LogP contribution in [0.15, 0.2) is 60.8 Å². The van der Waals surface area contributed by atoms with Gasteiger partial charge in [-0.15, -0.1) is 0 Å². The number of hydrogen-bond donors (Lipinski definition) is 3. The first kappa shape index (κ1) is 19.8. The number of carbonyl (C=O) groups is 2. The van der Waals surface area contributed by atoms with Crippen molar-refractivity contribution in [2.24, 2.45) is 0 Å². The predicted molar refractivity (Wildman–Crippen MR) is 103 cm³/mol. The summed E-state index contributed by atoms with van der Waals surface area (Å²) in [4.78, 5) is 23.9. The van der Waals surface area contributed by atoms with Crippen LogP contribution in [0.1, 0.15) is 12.0 Å². The maximum Gasteiger partial charge on any atom is 0.276 e. The molecule has 142 valence electrons. The second-order valence-electron chi connectivity index (χ2n) is 5.76. The van der Waals surface area contributed by atoms with Crippen molar-refractivity contribution in [1.29, 1.82) is 0 Å². The highest BCUT2D eigenvalue weighted by atomic mass is 16.5. The van der Waals surface area contributed by atoms with Crippen molar-refractivity contribution < 1.29 is 19.1 Å². The van der Waals surface area contributed by atoms with Crippen LogP contribution < -0.4 is 25.6 Å². The minimum absolute atomic E-state index is 0.0169. The van der Waals surface area contributed by atoms with Gasteiger partial charge < -0.3 is 20.2 Å². The molecule has 7 nitrogen and oxygen atoms in total. The lowest BCUT2D eigenvalue weighted by molar-refractivity contribution is -0.124. The van der Waals surface area contributed by atoms with Crippen molar-refractivity contribution in [2.45, 2.75) is 13.3 Å². The summed E-state index contributed by atoms with van der Waals surface area (Å²) >= 11 is 0. The van der Waals surface area contributed by atoms with E-state index < -0.39 is 0 Å². The predicted octanol–water partition coefficient (Wildman–Crippen LogP) is 2.55. The first-order valence-electron chi connectivity index (χ1n) is 8.33. The number of carbonyl (C=O) groups excluding carboxylic acids is 2. The molecular formula is C20H23N3O4. The summed E-state index contributed by atoms with van der Waals surface area (Å²) in [6.07, 6.45) is -0.0169. The Morgan fingerprint density at radius 2 is 1.63 bits per heavy atom. The summed E-state index contributed by atoms with van der Waals surface area (Å²) in [5, 5.41) is 2.73. The average Bonchev–Trinajstić information content (AvgIpc) is 2.66. The van der Waals surface area contributed by atoms with Gasteiger partial charge in [0, 0.05) is 5.70 Å². The zero-order valence-corrected chi connectivity index (χ0v) is 15.4. The lowest BCUT2D eigenvalue weighted by atomic mass is 10.2. The second-order valence-corrected chi connectivity index (χ2v) is 5.76. The van der Waals surface area contributed by atoms with Crippen LogP contribution in [0.4, 0.5) is 5.69 Å². The summed E-state index contributed by atoms with van der Waals surface area (Å²) in [7, 11) is 1.53. The fourth-order valence-electron chi connectivity index (χ4n) is 2.24. The van der Waals surface area contributed by atoms with E-state index in [1.54, 1.807) is 24.3 Å². The van der Waals surface area contributed by atoms with E-state index in [1.807, 2.05) is 31.2 Å². The molecule has 0 unspecified atom stereocenters. The smallest absolute Gasteiger partial charge is 0.276 e. The number of nitrogens with one attached hydrogen (secondary N) is 3. The van der Waals surface area contributed by atoms with Crippen LogP contribution in [0.2, 0.25) is 0 Å². The van der Waals surface area contributed by atoms with Crippen LogP contribution in [-0.4, -0.2) is 25.5 Å². The first-order chi connectivity index (χ1) is 13.0. The average molecular weight is 369 g/mol. The molecule has 27 heavy (non-hydrogen) atoms. The van der Waals surface area contributed by atoms with E-state index in [2.05, 4.69) is 22.7 Å². The number of ether oxygens (including phenoxy) is 2. The number of para-hydroxylation sites is 3. The molecule has 3 N–H and O–H groups in total.